The fraction of sp³-hybridized carbons (Fsp3) is 0.353. The van der Waals surface area contributed by atoms with Crippen LogP contribution in [0.1, 0.15) is 33.1 Å². The predicted octanol–water partition coefficient (Wildman–Crippen LogP) is 2.62. The van der Waals surface area contributed by atoms with Crippen molar-refractivity contribution in [3.05, 3.63) is 40.5 Å². The highest BCUT2D eigenvalue weighted by Gasteiger charge is 2.29. The van der Waals surface area contributed by atoms with E-state index >= 15 is 0 Å². The molecular weight excluding hydrogens is 344 g/mol. The summed E-state index contributed by atoms with van der Waals surface area (Å²) in [5.41, 5.74) is 0.468. The number of likely N-dealkylation sites (tertiary alicyclic amines) is 1. The van der Waals surface area contributed by atoms with E-state index < -0.39 is 5.97 Å². The molecule has 132 valence electrons. The van der Waals surface area contributed by atoms with Crippen molar-refractivity contribution in [2.24, 2.45) is 5.92 Å². The quantitative estimate of drug-likeness (QED) is 0.845. The Labute approximate surface area is 148 Å². The molecule has 3 rings (SSSR count). The molecule has 2 aromatic rings. The molecule has 0 saturated carbocycles. The zero-order valence-corrected chi connectivity index (χ0v) is 14.5. The van der Waals surface area contributed by atoms with Gasteiger partial charge in [-0.25, -0.2) is 4.79 Å². The first kappa shape index (κ1) is 17.2. The Kier molecular flexibility index (Phi) is 5.18. The normalized spacial score (nSPS) is 15.0. The van der Waals surface area contributed by atoms with Crippen molar-refractivity contribution in [3.8, 4) is 0 Å². The van der Waals surface area contributed by atoms with E-state index in [1.807, 2.05) is 0 Å². The van der Waals surface area contributed by atoms with Gasteiger partial charge in [-0.15, -0.1) is 11.3 Å². The van der Waals surface area contributed by atoms with E-state index in [0.717, 1.165) is 0 Å². The number of rotatable bonds is 4. The lowest BCUT2D eigenvalue weighted by atomic mass is 9.95. The smallest absolute Gasteiger partial charge is 0.350 e. The van der Waals surface area contributed by atoms with Gasteiger partial charge in [0.15, 0.2) is 5.76 Å². The lowest BCUT2D eigenvalue weighted by Gasteiger charge is -2.30. The first-order valence-electron chi connectivity index (χ1n) is 7.89. The number of nitrogens with zero attached hydrogens (tertiary/aromatic N) is 1. The first-order chi connectivity index (χ1) is 12.1. The number of carbonyl (C=O) groups excluding carboxylic acids is 3. The molecule has 7 nitrogen and oxygen atoms in total. The lowest BCUT2D eigenvalue weighted by molar-refractivity contribution is -0.121. The molecule has 0 spiro atoms. The number of methoxy groups -OCH3 is 1. The third kappa shape index (κ3) is 3.74. The Morgan fingerprint density at radius 3 is 2.68 bits per heavy atom. The van der Waals surface area contributed by atoms with Crippen LogP contribution >= 0.6 is 11.3 Å². The number of hydrogen-bond acceptors (Lipinski definition) is 6. The molecule has 0 unspecified atom stereocenters. The van der Waals surface area contributed by atoms with Crippen LogP contribution in [0.25, 0.3) is 0 Å². The number of ether oxygens (including phenoxy) is 1. The molecule has 0 radical (unpaired) electrons. The molecule has 0 aliphatic carbocycles. The number of nitrogens with one attached hydrogen (secondary N) is 1. The molecule has 8 heteroatoms. The maximum atomic E-state index is 12.5. The monoisotopic (exact) mass is 362 g/mol. The van der Waals surface area contributed by atoms with Crippen molar-refractivity contribution in [1.82, 2.24) is 4.90 Å². The number of piperidine rings is 1. The fourth-order valence-corrected chi connectivity index (χ4v) is 3.56. The van der Waals surface area contributed by atoms with E-state index in [-0.39, 0.29) is 17.7 Å². The Bertz CT molecular complexity index is 760. The molecule has 1 aliphatic rings. The zero-order chi connectivity index (χ0) is 17.8. The van der Waals surface area contributed by atoms with Gasteiger partial charge in [0.1, 0.15) is 4.88 Å². The van der Waals surface area contributed by atoms with Crippen molar-refractivity contribution in [2.75, 3.05) is 25.5 Å². The van der Waals surface area contributed by atoms with Crippen LogP contribution in [0.5, 0.6) is 0 Å². The molecule has 1 saturated heterocycles. The summed E-state index contributed by atoms with van der Waals surface area (Å²) >= 11 is 1.22. The molecule has 0 aromatic carbocycles. The van der Waals surface area contributed by atoms with Crippen molar-refractivity contribution >= 4 is 34.8 Å². The highest BCUT2D eigenvalue weighted by Crippen LogP contribution is 2.26. The van der Waals surface area contributed by atoms with Gasteiger partial charge in [-0.2, -0.15) is 0 Å². The van der Waals surface area contributed by atoms with E-state index in [4.69, 9.17) is 9.15 Å². The van der Waals surface area contributed by atoms with E-state index in [0.29, 0.717) is 42.3 Å². The van der Waals surface area contributed by atoms with E-state index in [2.05, 4.69) is 5.32 Å². The van der Waals surface area contributed by atoms with E-state index in [1.54, 1.807) is 28.5 Å². The Morgan fingerprint density at radius 2 is 2.04 bits per heavy atom. The second-order valence-electron chi connectivity index (χ2n) is 5.69. The average Bonchev–Trinajstić information content (AvgIpc) is 3.32. The van der Waals surface area contributed by atoms with Gasteiger partial charge in [0.05, 0.1) is 19.1 Å². The Balaban J connectivity index is 1.56. The van der Waals surface area contributed by atoms with Crippen LogP contribution in [0.2, 0.25) is 0 Å². The molecule has 3 heterocycles. The number of anilines is 1. The third-order valence-electron chi connectivity index (χ3n) is 4.18. The summed E-state index contributed by atoms with van der Waals surface area (Å²) in [5.74, 6) is -0.664. The average molecular weight is 362 g/mol. The van der Waals surface area contributed by atoms with Crippen LogP contribution in [0.15, 0.2) is 34.3 Å². The maximum Gasteiger partial charge on any atom is 0.350 e. The minimum Gasteiger partial charge on any atom is -0.465 e. The van der Waals surface area contributed by atoms with Crippen LogP contribution in [0, 0.1) is 5.92 Å². The van der Waals surface area contributed by atoms with E-state index in [1.165, 1.54) is 24.7 Å². The molecule has 0 bridgehead atoms. The molecule has 2 amide bonds. The third-order valence-corrected chi connectivity index (χ3v) is 5.07. The number of carbonyl (C=O) groups is 3. The SMILES string of the molecule is COC(=O)c1sccc1NC(=O)C1CCN(C(=O)c2ccco2)CC1. The number of furan rings is 1. The van der Waals surface area contributed by atoms with Gasteiger partial charge < -0.3 is 19.4 Å². The van der Waals surface area contributed by atoms with Crippen LogP contribution in [-0.2, 0) is 9.53 Å². The van der Waals surface area contributed by atoms with Gasteiger partial charge in [-0.05, 0) is 36.4 Å². The van der Waals surface area contributed by atoms with Gasteiger partial charge in [0.2, 0.25) is 5.91 Å². The first-order valence-corrected chi connectivity index (χ1v) is 8.77. The number of esters is 1. The van der Waals surface area contributed by atoms with Crippen molar-refractivity contribution in [3.63, 3.8) is 0 Å². The Hall–Kier alpha value is -2.61. The summed E-state index contributed by atoms with van der Waals surface area (Å²) < 4.78 is 9.83. The molecule has 1 aliphatic heterocycles. The van der Waals surface area contributed by atoms with Crippen LogP contribution < -0.4 is 5.32 Å². The number of thiophene rings is 1. The van der Waals surface area contributed by atoms with Gasteiger partial charge in [-0.3, -0.25) is 9.59 Å². The van der Waals surface area contributed by atoms with Gasteiger partial charge in [0.25, 0.3) is 5.91 Å². The summed E-state index contributed by atoms with van der Waals surface area (Å²) in [5, 5.41) is 4.52. The van der Waals surface area contributed by atoms with Gasteiger partial charge >= 0.3 is 5.97 Å². The van der Waals surface area contributed by atoms with Crippen molar-refractivity contribution in [1.29, 1.82) is 0 Å². The maximum absolute atomic E-state index is 12.5. The standard InChI is InChI=1S/C17H18N2O5S/c1-23-17(22)14-12(6-10-25-14)18-15(20)11-4-7-19(8-5-11)16(21)13-3-2-9-24-13/h2-3,6,9-11H,4-5,7-8H2,1H3,(H,18,20). The molecule has 25 heavy (non-hydrogen) atoms. The highest BCUT2D eigenvalue weighted by molar-refractivity contribution is 7.12. The molecule has 1 N–H and O–H groups in total. The minimum atomic E-state index is -0.468. The molecule has 0 atom stereocenters. The highest BCUT2D eigenvalue weighted by atomic mass is 32.1. The fourth-order valence-electron chi connectivity index (χ4n) is 2.79. The lowest BCUT2D eigenvalue weighted by Crippen LogP contribution is -2.41. The predicted molar refractivity (Wildman–Crippen MR) is 91.6 cm³/mol. The minimum absolute atomic E-state index is 0.145. The molecular formula is C17H18N2O5S. The largest absolute Gasteiger partial charge is 0.465 e. The van der Waals surface area contributed by atoms with Crippen LogP contribution in [0.4, 0.5) is 5.69 Å². The summed E-state index contributed by atoms with van der Waals surface area (Å²) in [6, 6.07) is 4.99. The topological polar surface area (TPSA) is 88.9 Å². The number of hydrogen-bond donors (Lipinski definition) is 1. The zero-order valence-electron chi connectivity index (χ0n) is 13.7. The van der Waals surface area contributed by atoms with E-state index in [9.17, 15) is 14.4 Å². The summed E-state index contributed by atoms with van der Waals surface area (Å²) in [4.78, 5) is 38.4. The summed E-state index contributed by atoms with van der Waals surface area (Å²) in [6.07, 6.45) is 2.60. The van der Waals surface area contributed by atoms with Crippen molar-refractivity contribution in [2.45, 2.75) is 12.8 Å². The molecule has 1 fully saturated rings. The second-order valence-corrected chi connectivity index (χ2v) is 6.60. The summed E-state index contributed by atoms with van der Waals surface area (Å²) in [6.45, 7) is 0.982. The second kappa shape index (κ2) is 7.52. The van der Waals surface area contributed by atoms with Gasteiger partial charge in [0, 0.05) is 19.0 Å². The molecule has 2 aromatic heterocycles. The van der Waals surface area contributed by atoms with Crippen molar-refractivity contribution < 1.29 is 23.5 Å². The summed E-state index contributed by atoms with van der Waals surface area (Å²) in [7, 11) is 1.30. The van der Waals surface area contributed by atoms with Gasteiger partial charge in [-0.1, -0.05) is 0 Å². The Morgan fingerprint density at radius 1 is 1.28 bits per heavy atom. The van der Waals surface area contributed by atoms with Crippen LogP contribution in [-0.4, -0.2) is 42.9 Å². The van der Waals surface area contributed by atoms with Crippen LogP contribution in [0.3, 0.4) is 0 Å². The number of amides is 2.